The number of nitrogens with zero attached hydrogens (tertiary/aromatic N) is 5. The molecular formula is C25H36N6O2. The first-order valence-electron chi connectivity index (χ1n) is 12.0. The molecule has 0 spiro atoms. The minimum atomic E-state index is -0.192. The number of hydrogen-bond acceptors (Lipinski definition) is 5. The van der Waals surface area contributed by atoms with E-state index in [2.05, 4.69) is 61.8 Å². The number of pyridine rings is 1. The molecule has 1 saturated carbocycles. The van der Waals surface area contributed by atoms with Gasteiger partial charge in [-0.15, -0.1) is 0 Å². The van der Waals surface area contributed by atoms with Crippen LogP contribution in [0.4, 0.5) is 5.82 Å². The average molecular weight is 453 g/mol. The average Bonchev–Trinajstić information content (AvgIpc) is 3.15. The molecule has 1 saturated heterocycles. The molecule has 0 unspecified atom stereocenters. The minimum absolute atomic E-state index is 0.109. The quantitative estimate of drug-likeness (QED) is 0.533. The number of anilines is 1. The van der Waals surface area contributed by atoms with Gasteiger partial charge in [-0.2, -0.15) is 0 Å². The molecule has 1 aliphatic carbocycles. The first-order valence-corrected chi connectivity index (χ1v) is 12.0. The van der Waals surface area contributed by atoms with E-state index in [0.29, 0.717) is 11.9 Å². The van der Waals surface area contributed by atoms with Gasteiger partial charge >= 0.3 is 0 Å². The van der Waals surface area contributed by atoms with Gasteiger partial charge in [-0.1, -0.05) is 0 Å². The fraction of sp³-hybridized carbons (Fsp3) is 0.560. The van der Waals surface area contributed by atoms with Gasteiger partial charge in [0.15, 0.2) is 0 Å². The zero-order chi connectivity index (χ0) is 23.4. The van der Waals surface area contributed by atoms with Crippen molar-refractivity contribution in [2.24, 2.45) is 9.98 Å². The fourth-order valence-corrected chi connectivity index (χ4v) is 4.74. The lowest BCUT2D eigenvalue weighted by atomic mass is 9.85. The first-order chi connectivity index (χ1) is 16.0. The monoisotopic (exact) mass is 452 g/mol. The lowest BCUT2D eigenvalue weighted by molar-refractivity contribution is 0.121. The van der Waals surface area contributed by atoms with E-state index < -0.39 is 0 Å². The molecule has 2 aromatic rings. The van der Waals surface area contributed by atoms with Crippen molar-refractivity contribution in [1.82, 2.24) is 9.66 Å². The number of nitrogens with one attached hydrogen (secondary N) is 1. The smallest absolute Gasteiger partial charge is 0.237 e. The van der Waals surface area contributed by atoms with E-state index >= 15 is 0 Å². The van der Waals surface area contributed by atoms with Crippen LogP contribution in [0.15, 0.2) is 34.4 Å². The zero-order valence-electron chi connectivity index (χ0n) is 20.0. The summed E-state index contributed by atoms with van der Waals surface area (Å²) in [5.41, 5.74) is 7.99. The van der Waals surface area contributed by atoms with Crippen molar-refractivity contribution in [3.05, 3.63) is 35.8 Å². The van der Waals surface area contributed by atoms with Crippen LogP contribution in [-0.4, -0.2) is 65.9 Å². The van der Waals surface area contributed by atoms with Crippen LogP contribution in [0.3, 0.4) is 0 Å². The number of aromatic nitrogens is 2. The molecular weight excluding hydrogens is 416 g/mol. The second kappa shape index (κ2) is 10.5. The fourth-order valence-electron chi connectivity index (χ4n) is 4.74. The summed E-state index contributed by atoms with van der Waals surface area (Å²) in [6.07, 6.45) is 5.26. The Morgan fingerprint density at radius 3 is 2.61 bits per heavy atom. The van der Waals surface area contributed by atoms with E-state index in [1.165, 1.54) is 5.69 Å². The number of guanidine groups is 1. The lowest BCUT2D eigenvalue weighted by Crippen LogP contribution is -2.36. The van der Waals surface area contributed by atoms with Gasteiger partial charge in [0.2, 0.25) is 5.96 Å². The Morgan fingerprint density at radius 2 is 1.94 bits per heavy atom. The molecule has 0 aromatic carbocycles. The molecule has 33 heavy (non-hydrogen) atoms. The van der Waals surface area contributed by atoms with Crippen molar-refractivity contribution < 1.29 is 9.84 Å². The highest BCUT2D eigenvalue weighted by atomic mass is 16.5. The van der Waals surface area contributed by atoms with E-state index in [0.717, 1.165) is 74.6 Å². The maximum atomic E-state index is 10.0. The SMILES string of the molecule is C=NC(=NC(C)C)Nn1c(C2CCC(O)CC2)cc(-c2ccnc(N3CCOCC3)c2)c1C. The lowest BCUT2D eigenvalue weighted by Gasteiger charge is -2.28. The van der Waals surface area contributed by atoms with E-state index in [1.807, 2.05) is 20.0 Å². The number of aliphatic imine (C=N–C) groups is 2. The van der Waals surface area contributed by atoms with Crippen molar-refractivity contribution in [2.45, 2.75) is 64.5 Å². The van der Waals surface area contributed by atoms with Crippen molar-refractivity contribution in [3.8, 4) is 11.1 Å². The van der Waals surface area contributed by atoms with Gasteiger partial charge in [-0.05, 0) is 76.9 Å². The van der Waals surface area contributed by atoms with Gasteiger partial charge in [0.1, 0.15) is 5.82 Å². The Morgan fingerprint density at radius 1 is 1.21 bits per heavy atom. The Balaban J connectivity index is 1.72. The second-order valence-electron chi connectivity index (χ2n) is 9.23. The third-order valence-corrected chi connectivity index (χ3v) is 6.52. The van der Waals surface area contributed by atoms with Crippen LogP contribution >= 0.6 is 0 Å². The Labute approximate surface area is 196 Å². The normalized spacial score (nSPS) is 22.0. The highest BCUT2D eigenvalue weighted by molar-refractivity contribution is 5.91. The highest BCUT2D eigenvalue weighted by Gasteiger charge is 2.26. The van der Waals surface area contributed by atoms with Gasteiger partial charge in [0, 0.05) is 48.2 Å². The van der Waals surface area contributed by atoms with Gasteiger partial charge in [0.25, 0.3) is 0 Å². The molecule has 0 atom stereocenters. The summed E-state index contributed by atoms with van der Waals surface area (Å²) < 4.78 is 7.61. The summed E-state index contributed by atoms with van der Waals surface area (Å²) in [7, 11) is 0. The van der Waals surface area contributed by atoms with Crippen LogP contribution in [0.1, 0.15) is 56.8 Å². The van der Waals surface area contributed by atoms with Gasteiger partial charge in [-0.25, -0.2) is 15.0 Å². The Bertz CT molecular complexity index is 985. The molecule has 0 amide bonds. The van der Waals surface area contributed by atoms with E-state index in [9.17, 15) is 5.11 Å². The molecule has 2 fully saturated rings. The van der Waals surface area contributed by atoms with E-state index in [-0.39, 0.29) is 12.1 Å². The Hall–Kier alpha value is -2.71. The largest absolute Gasteiger partial charge is 0.393 e. The summed E-state index contributed by atoms with van der Waals surface area (Å²) in [5.74, 6) is 1.85. The third-order valence-electron chi connectivity index (χ3n) is 6.52. The molecule has 0 radical (unpaired) electrons. The molecule has 1 aliphatic heterocycles. The van der Waals surface area contributed by atoms with E-state index in [1.54, 1.807) is 0 Å². The number of ether oxygens (including phenoxy) is 1. The van der Waals surface area contributed by atoms with Crippen molar-refractivity contribution >= 4 is 18.5 Å². The molecule has 2 N–H and O–H groups in total. The van der Waals surface area contributed by atoms with Crippen molar-refractivity contribution in [2.75, 3.05) is 36.6 Å². The molecule has 4 rings (SSSR count). The summed E-state index contributed by atoms with van der Waals surface area (Å²) >= 11 is 0. The topological polar surface area (TPSA) is 87.3 Å². The standard InChI is InChI=1S/C25H36N6O2/c1-17(2)28-25(26-4)29-31-18(3)22(16-23(31)19-5-7-21(32)8-6-19)20-9-10-27-24(15-20)30-11-13-33-14-12-30/h9-10,15-17,19,21,32H,4-8,11-14H2,1-3H3,(H,28,29). The number of aliphatic hydroxyl groups is 1. The summed E-state index contributed by atoms with van der Waals surface area (Å²) in [6.45, 7) is 13.0. The molecule has 0 bridgehead atoms. The highest BCUT2D eigenvalue weighted by Crippen LogP contribution is 2.37. The maximum absolute atomic E-state index is 10.0. The number of aliphatic hydroxyl groups excluding tert-OH is 1. The molecule has 8 heteroatoms. The summed E-state index contributed by atoms with van der Waals surface area (Å²) in [5, 5.41) is 10.0. The second-order valence-corrected chi connectivity index (χ2v) is 9.23. The molecule has 2 aliphatic rings. The van der Waals surface area contributed by atoms with Crippen LogP contribution in [0.5, 0.6) is 0 Å². The summed E-state index contributed by atoms with van der Waals surface area (Å²) in [4.78, 5) is 15.6. The minimum Gasteiger partial charge on any atom is -0.393 e. The molecule has 2 aromatic heterocycles. The molecule has 3 heterocycles. The molecule has 178 valence electrons. The summed E-state index contributed by atoms with van der Waals surface area (Å²) in [6, 6.07) is 6.62. The van der Waals surface area contributed by atoms with Crippen molar-refractivity contribution in [1.29, 1.82) is 0 Å². The van der Waals surface area contributed by atoms with Crippen LogP contribution < -0.4 is 10.3 Å². The van der Waals surface area contributed by atoms with Gasteiger partial charge in [-0.3, -0.25) is 10.1 Å². The number of hydrogen-bond donors (Lipinski definition) is 2. The predicted molar refractivity (Wildman–Crippen MR) is 134 cm³/mol. The predicted octanol–water partition coefficient (Wildman–Crippen LogP) is 3.72. The van der Waals surface area contributed by atoms with Crippen LogP contribution in [0.2, 0.25) is 0 Å². The number of morpholine rings is 1. The maximum Gasteiger partial charge on any atom is 0.237 e. The molecule has 8 nitrogen and oxygen atoms in total. The Kier molecular flexibility index (Phi) is 7.45. The first kappa shape index (κ1) is 23.4. The van der Waals surface area contributed by atoms with Gasteiger partial charge < -0.3 is 14.7 Å². The zero-order valence-corrected chi connectivity index (χ0v) is 20.0. The van der Waals surface area contributed by atoms with E-state index in [4.69, 9.17) is 4.74 Å². The van der Waals surface area contributed by atoms with Crippen molar-refractivity contribution in [3.63, 3.8) is 0 Å². The van der Waals surface area contributed by atoms with Crippen LogP contribution in [0.25, 0.3) is 11.1 Å². The van der Waals surface area contributed by atoms with Gasteiger partial charge in [0.05, 0.1) is 19.3 Å². The number of rotatable bonds is 5. The third kappa shape index (κ3) is 5.45. The van der Waals surface area contributed by atoms with Crippen LogP contribution in [-0.2, 0) is 4.74 Å². The van der Waals surface area contributed by atoms with Crippen LogP contribution in [0, 0.1) is 6.92 Å².